The lowest BCUT2D eigenvalue weighted by atomic mass is 10.3. The molecule has 2 aromatic heterocycles. The lowest BCUT2D eigenvalue weighted by molar-refractivity contribution is -0.113. The van der Waals surface area contributed by atoms with Gasteiger partial charge in [0.25, 0.3) is 0 Å². The maximum Gasteiger partial charge on any atom is 0.234 e. The lowest BCUT2D eigenvalue weighted by Crippen LogP contribution is -2.14. The molecule has 0 bridgehead atoms. The van der Waals surface area contributed by atoms with Gasteiger partial charge in [-0.25, -0.2) is 14.6 Å². The summed E-state index contributed by atoms with van der Waals surface area (Å²) in [6.45, 7) is 2.61. The zero-order valence-corrected chi connectivity index (χ0v) is 14.9. The van der Waals surface area contributed by atoms with Gasteiger partial charge in [0, 0.05) is 12.2 Å². The number of nitrogens with zero attached hydrogens (tertiary/aromatic N) is 5. The van der Waals surface area contributed by atoms with Crippen molar-refractivity contribution in [1.29, 1.82) is 0 Å². The van der Waals surface area contributed by atoms with Crippen LogP contribution in [0.3, 0.4) is 0 Å². The van der Waals surface area contributed by atoms with Crippen LogP contribution in [0.5, 0.6) is 0 Å². The summed E-state index contributed by atoms with van der Waals surface area (Å²) in [5, 5.41) is 12.3. The van der Waals surface area contributed by atoms with E-state index in [4.69, 9.17) is 23.2 Å². The van der Waals surface area contributed by atoms with E-state index in [2.05, 4.69) is 25.6 Å². The molecular weight excluding hydrogens is 371 g/mol. The molecule has 0 saturated heterocycles. The minimum Gasteiger partial charge on any atom is -0.325 e. The van der Waals surface area contributed by atoms with E-state index in [-0.39, 0.29) is 11.7 Å². The van der Waals surface area contributed by atoms with E-state index in [9.17, 15) is 4.79 Å². The van der Waals surface area contributed by atoms with Crippen LogP contribution in [0.2, 0.25) is 10.0 Å². The maximum atomic E-state index is 12.1. The van der Waals surface area contributed by atoms with Gasteiger partial charge in [0.05, 0.1) is 15.8 Å². The molecule has 0 atom stereocenters. The molecule has 0 saturated carbocycles. The molecule has 3 rings (SSSR count). The van der Waals surface area contributed by atoms with Crippen molar-refractivity contribution in [3.63, 3.8) is 0 Å². The molecular formula is C14H12Cl2N6OS. The van der Waals surface area contributed by atoms with E-state index in [0.29, 0.717) is 38.5 Å². The minimum atomic E-state index is -0.187. The number of nitrogens with one attached hydrogen (secondary N) is 1. The third-order valence-electron chi connectivity index (χ3n) is 3.11. The molecule has 1 N–H and O–H groups in total. The zero-order chi connectivity index (χ0) is 17.1. The van der Waals surface area contributed by atoms with Crippen LogP contribution in [0.15, 0.2) is 29.6 Å². The van der Waals surface area contributed by atoms with Crippen molar-refractivity contribution in [2.45, 2.75) is 18.5 Å². The first-order valence-corrected chi connectivity index (χ1v) is 8.74. The Balaban J connectivity index is 1.68. The Bertz CT molecular complexity index is 900. The minimum absolute atomic E-state index is 0.172. The number of thioether (sulfide) groups is 1. The van der Waals surface area contributed by atoms with Gasteiger partial charge in [0.15, 0.2) is 11.2 Å². The van der Waals surface area contributed by atoms with E-state index in [0.717, 1.165) is 0 Å². The summed E-state index contributed by atoms with van der Waals surface area (Å²) < 4.78 is 1.68. The predicted molar refractivity (Wildman–Crippen MR) is 94.6 cm³/mol. The Morgan fingerprint density at radius 3 is 2.88 bits per heavy atom. The molecule has 7 nitrogen and oxygen atoms in total. The third-order valence-corrected chi connectivity index (χ3v) is 4.83. The van der Waals surface area contributed by atoms with Gasteiger partial charge in [-0.3, -0.25) is 4.79 Å². The van der Waals surface area contributed by atoms with E-state index in [1.54, 1.807) is 22.9 Å². The van der Waals surface area contributed by atoms with Crippen LogP contribution < -0.4 is 5.32 Å². The Morgan fingerprint density at radius 2 is 2.12 bits per heavy atom. The smallest absolute Gasteiger partial charge is 0.234 e. The van der Waals surface area contributed by atoms with Gasteiger partial charge in [-0.15, -0.1) is 5.10 Å². The topological polar surface area (TPSA) is 85.6 Å². The van der Waals surface area contributed by atoms with Crippen molar-refractivity contribution in [1.82, 2.24) is 25.0 Å². The molecule has 1 aromatic carbocycles. The number of fused-ring (bicyclic) bond motifs is 1. The monoisotopic (exact) mass is 382 g/mol. The van der Waals surface area contributed by atoms with Gasteiger partial charge < -0.3 is 5.32 Å². The molecule has 0 aliphatic rings. The number of aromatic nitrogens is 5. The SMILES string of the molecule is CCn1nnc2c(SCC(=O)Nc3ccc(Cl)c(Cl)c3)ncnc21. The van der Waals surface area contributed by atoms with Crippen LogP contribution in [-0.4, -0.2) is 36.6 Å². The molecule has 0 unspecified atom stereocenters. The summed E-state index contributed by atoms with van der Waals surface area (Å²) >= 11 is 13.0. The normalized spacial score (nSPS) is 11.0. The fraction of sp³-hybridized carbons (Fsp3) is 0.214. The second kappa shape index (κ2) is 7.33. The summed E-state index contributed by atoms with van der Waals surface area (Å²) in [4.78, 5) is 20.4. The van der Waals surface area contributed by atoms with Crippen molar-refractivity contribution >= 4 is 57.7 Å². The molecule has 1 amide bonds. The average molecular weight is 383 g/mol. The van der Waals surface area contributed by atoms with Gasteiger partial charge in [-0.2, -0.15) is 0 Å². The molecule has 0 spiro atoms. The molecule has 24 heavy (non-hydrogen) atoms. The number of amides is 1. The zero-order valence-electron chi connectivity index (χ0n) is 12.5. The Kier molecular flexibility index (Phi) is 5.17. The van der Waals surface area contributed by atoms with Crippen molar-refractivity contribution in [3.05, 3.63) is 34.6 Å². The van der Waals surface area contributed by atoms with Crippen LogP contribution in [0.1, 0.15) is 6.92 Å². The number of anilines is 1. The number of halogens is 2. The molecule has 3 aromatic rings. The van der Waals surface area contributed by atoms with E-state index in [1.807, 2.05) is 6.92 Å². The van der Waals surface area contributed by atoms with Gasteiger partial charge in [-0.05, 0) is 25.1 Å². The van der Waals surface area contributed by atoms with Crippen molar-refractivity contribution in [2.24, 2.45) is 0 Å². The summed E-state index contributed by atoms with van der Waals surface area (Å²) in [7, 11) is 0. The predicted octanol–water partition coefficient (Wildman–Crippen LogP) is 3.28. The largest absolute Gasteiger partial charge is 0.325 e. The van der Waals surface area contributed by atoms with E-state index in [1.165, 1.54) is 18.1 Å². The maximum absolute atomic E-state index is 12.1. The molecule has 0 aliphatic heterocycles. The first-order valence-electron chi connectivity index (χ1n) is 7.00. The van der Waals surface area contributed by atoms with Crippen molar-refractivity contribution < 1.29 is 4.79 Å². The van der Waals surface area contributed by atoms with Crippen LogP contribution in [-0.2, 0) is 11.3 Å². The fourth-order valence-corrected chi connectivity index (χ4v) is 3.02. The second-order valence-corrected chi connectivity index (χ2v) is 6.50. The van der Waals surface area contributed by atoms with Crippen LogP contribution in [0.25, 0.3) is 11.2 Å². The second-order valence-electron chi connectivity index (χ2n) is 4.72. The molecule has 10 heteroatoms. The standard InChI is InChI=1S/C14H12Cl2N6OS/c1-2-22-13-12(20-21-22)14(18-7-17-13)24-6-11(23)19-8-3-4-9(15)10(16)5-8/h3-5,7H,2,6H2,1H3,(H,19,23). The Labute approximate surface area is 151 Å². The highest BCUT2D eigenvalue weighted by Crippen LogP contribution is 2.26. The van der Waals surface area contributed by atoms with Gasteiger partial charge in [0.2, 0.25) is 5.91 Å². The van der Waals surface area contributed by atoms with Crippen LogP contribution >= 0.6 is 35.0 Å². The number of aryl methyl sites for hydroxylation is 1. The number of hydrogen-bond donors (Lipinski definition) is 1. The highest BCUT2D eigenvalue weighted by molar-refractivity contribution is 8.00. The van der Waals surface area contributed by atoms with E-state index < -0.39 is 0 Å². The highest BCUT2D eigenvalue weighted by atomic mass is 35.5. The van der Waals surface area contributed by atoms with Gasteiger partial charge in [0.1, 0.15) is 11.4 Å². The van der Waals surface area contributed by atoms with Crippen molar-refractivity contribution in [3.8, 4) is 0 Å². The Morgan fingerprint density at radius 1 is 1.29 bits per heavy atom. The quantitative estimate of drug-likeness (QED) is 0.538. The fourth-order valence-electron chi connectivity index (χ4n) is 1.99. The van der Waals surface area contributed by atoms with Crippen LogP contribution in [0, 0.1) is 0 Å². The first-order chi connectivity index (χ1) is 11.6. The molecule has 0 aliphatic carbocycles. The molecule has 0 fully saturated rings. The summed E-state index contributed by atoms with van der Waals surface area (Å²) in [6.07, 6.45) is 1.44. The summed E-state index contributed by atoms with van der Waals surface area (Å²) in [5.74, 6) is -0.0150. The first kappa shape index (κ1) is 16.9. The van der Waals surface area contributed by atoms with Gasteiger partial charge >= 0.3 is 0 Å². The van der Waals surface area contributed by atoms with Crippen LogP contribution in [0.4, 0.5) is 5.69 Å². The summed E-state index contributed by atoms with van der Waals surface area (Å²) in [5.41, 5.74) is 1.83. The van der Waals surface area contributed by atoms with Gasteiger partial charge in [-0.1, -0.05) is 40.2 Å². The molecule has 0 radical (unpaired) electrons. The van der Waals surface area contributed by atoms with E-state index >= 15 is 0 Å². The summed E-state index contributed by atoms with van der Waals surface area (Å²) in [6, 6.07) is 4.92. The molecule has 2 heterocycles. The molecule has 124 valence electrons. The number of benzene rings is 1. The number of carbonyl (C=O) groups excluding carboxylic acids is 1. The number of rotatable bonds is 5. The average Bonchev–Trinajstić information content (AvgIpc) is 3.00. The number of carbonyl (C=O) groups is 1. The third kappa shape index (κ3) is 3.61. The number of hydrogen-bond acceptors (Lipinski definition) is 6. The highest BCUT2D eigenvalue weighted by Gasteiger charge is 2.13. The van der Waals surface area contributed by atoms with Crippen molar-refractivity contribution in [2.75, 3.05) is 11.1 Å². The lowest BCUT2D eigenvalue weighted by Gasteiger charge is -2.06. The Hall–Kier alpha value is -1.90.